The van der Waals surface area contributed by atoms with Crippen molar-refractivity contribution in [1.29, 1.82) is 0 Å². The number of anilines is 1. The molecule has 0 aromatic heterocycles. The number of allylic oxidation sites excluding steroid dienone is 2. The molecule has 2 heterocycles. The van der Waals surface area contributed by atoms with Crippen LogP contribution < -0.4 is 4.90 Å². The van der Waals surface area contributed by atoms with Crippen LogP contribution in [0.25, 0.3) is 6.08 Å². The Labute approximate surface area is 200 Å². The Hall–Kier alpha value is -3.92. The molecule has 2 saturated heterocycles. The van der Waals surface area contributed by atoms with Crippen LogP contribution in [0.3, 0.4) is 0 Å². The number of rotatable bonds is 6. The molecular weight excluding hydrogens is 456 g/mol. The smallest absolute Gasteiger partial charge is 0.294 e. The number of para-hydroxylation sites is 2. The third-order valence-corrected chi connectivity index (χ3v) is 6.50. The quantitative estimate of drug-likeness (QED) is 0.355. The fourth-order valence-electron chi connectivity index (χ4n) is 3.77. The standard InChI is InChI=1S/C24H22N4O5S/c29-22(26-15-13-25(14-16-26)19-9-2-1-3-10-19)17-27-23(30)21(34-24(27)31)12-6-8-18-7-4-5-11-20(18)28(32)33/h1-12H,13-17H2/b8-6+,21-12+. The molecule has 0 aliphatic carbocycles. The molecule has 2 aliphatic heterocycles. The summed E-state index contributed by atoms with van der Waals surface area (Å²) >= 11 is 0.748. The molecule has 0 spiro atoms. The van der Waals surface area contributed by atoms with Gasteiger partial charge < -0.3 is 9.80 Å². The normalized spacial score (nSPS) is 17.8. The van der Waals surface area contributed by atoms with E-state index < -0.39 is 16.1 Å². The zero-order valence-electron chi connectivity index (χ0n) is 18.2. The largest absolute Gasteiger partial charge is 0.368 e. The van der Waals surface area contributed by atoms with E-state index in [0.717, 1.165) is 22.3 Å². The van der Waals surface area contributed by atoms with Crippen LogP contribution in [0, 0.1) is 10.1 Å². The van der Waals surface area contributed by atoms with Gasteiger partial charge in [-0.05, 0) is 42.1 Å². The van der Waals surface area contributed by atoms with Crippen molar-refractivity contribution in [3.63, 3.8) is 0 Å². The lowest BCUT2D eigenvalue weighted by Gasteiger charge is -2.36. The van der Waals surface area contributed by atoms with Crippen LogP contribution in [0.15, 0.2) is 71.7 Å². The van der Waals surface area contributed by atoms with Gasteiger partial charge in [0.1, 0.15) is 6.54 Å². The number of amides is 3. The highest BCUT2D eigenvalue weighted by Crippen LogP contribution is 2.31. The number of piperazine rings is 1. The highest BCUT2D eigenvalue weighted by Gasteiger charge is 2.37. The van der Waals surface area contributed by atoms with Crippen molar-refractivity contribution in [2.45, 2.75) is 0 Å². The zero-order valence-corrected chi connectivity index (χ0v) is 19.0. The molecule has 174 valence electrons. The average Bonchev–Trinajstić information content (AvgIpc) is 3.12. The Morgan fingerprint density at radius 2 is 1.68 bits per heavy atom. The number of hydrogen-bond donors (Lipinski definition) is 0. The van der Waals surface area contributed by atoms with E-state index in [4.69, 9.17) is 0 Å². The summed E-state index contributed by atoms with van der Waals surface area (Å²) in [5, 5.41) is 10.6. The molecule has 0 N–H and O–H groups in total. The molecule has 4 rings (SSSR count). The van der Waals surface area contributed by atoms with E-state index in [1.165, 1.54) is 24.3 Å². The summed E-state index contributed by atoms with van der Waals surface area (Å²) in [5.74, 6) is -0.815. The predicted octanol–water partition coefficient (Wildman–Crippen LogP) is 3.54. The Kier molecular flexibility index (Phi) is 7.07. The fraction of sp³-hybridized carbons (Fsp3) is 0.208. The third kappa shape index (κ3) is 5.18. The maximum absolute atomic E-state index is 12.8. The first-order valence-electron chi connectivity index (χ1n) is 10.7. The maximum Gasteiger partial charge on any atom is 0.294 e. The van der Waals surface area contributed by atoms with Crippen molar-refractivity contribution in [2.24, 2.45) is 0 Å². The summed E-state index contributed by atoms with van der Waals surface area (Å²) in [6, 6.07) is 16.2. The Morgan fingerprint density at radius 3 is 2.38 bits per heavy atom. The summed E-state index contributed by atoms with van der Waals surface area (Å²) in [6.07, 6.45) is 4.43. The highest BCUT2D eigenvalue weighted by molar-refractivity contribution is 8.18. The lowest BCUT2D eigenvalue weighted by Crippen LogP contribution is -2.51. The first-order chi connectivity index (χ1) is 16.4. The molecule has 0 saturated carbocycles. The van der Waals surface area contributed by atoms with Gasteiger partial charge in [0, 0.05) is 37.9 Å². The monoisotopic (exact) mass is 478 g/mol. The summed E-state index contributed by atoms with van der Waals surface area (Å²) in [4.78, 5) is 53.4. The molecule has 0 bridgehead atoms. The van der Waals surface area contributed by atoms with Crippen molar-refractivity contribution in [1.82, 2.24) is 9.80 Å². The molecule has 0 atom stereocenters. The van der Waals surface area contributed by atoms with Crippen LogP contribution in [0.1, 0.15) is 5.56 Å². The number of nitro benzene ring substituents is 1. The van der Waals surface area contributed by atoms with E-state index in [0.29, 0.717) is 31.7 Å². The van der Waals surface area contributed by atoms with Crippen molar-refractivity contribution in [2.75, 3.05) is 37.6 Å². The Bertz CT molecular complexity index is 1170. The number of carbonyl (C=O) groups excluding carboxylic acids is 3. The molecule has 2 fully saturated rings. The van der Waals surface area contributed by atoms with Gasteiger partial charge in [0.15, 0.2) is 0 Å². The van der Waals surface area contributed by atoms with E-state index in [1.807, 2.05) is 30.3 Å². The Balaban J connectivity index is 1.35. The van der Waals surface area contributed by atoms with Crippen molar-refractivity contribution in [3.8, 4) is 0 Å². The first kappa shape index (κ1) is 23.2. The molecule has 0 radical (unpaired) electrons. The minimum Gasteiger partial charge on any atom is -0.368 e. The first-order valence-corrected chi connectivity index (χ1v) is 11.5. The molecule has 9 nitrogen and oxygen atoms in total. The molecule has 0 unspecified atom stereocenters. The van der Waals surface area contributed by atoms with Gasteiger partial charge in [0.25, 0.3) is 16.8 Å². The minimum atomic E-state index is -0.543. The number of hydrogen-bond acceptors (Lipinski definition) is 7. The second-order valence-corrected chi connectivity index (χ2v) is 8.66. The van der Waals surface area contributed by atoms with Crippen molar-refractivity contribution >= 4 is 46.3 Å². The minimum absolute atomic E-state index is 0.0572. The van der Waals surface area contributed by atoms with Crippen LogP contribution in [-0.4, -0.2) is 64.5 Å². The number of imide groups is 1. The van der Waals surface area contributed by atoms with Gasteiger partial charge in [-0.15, -0.1) is 0 Å². The number of thioether (sulfide) groups is 1. The van der Waals surface area contributed by atoms with Crippen LogP contribution in [0.4, 0.5) is 16.2 Å². The average molecular weight is 479 g/mol. The molecule has 3 amide bonds. The molecular formula is C24H22N4O5S. The lowest BCUT2D eigenvalue weighted by atomic mass is 10.1. The third-order valence-electron chi connectivity index (χ3n) is 5.58. The van der Waals surface area contributed by atoms with Crippen molar-refractivity contribution < 1.29 is 19.3 Å². The van der Waals surface area contributed by atoms with E-state index in [2.05, 4.69) is 4.90 Å². The van der Waals surface area contributed by atoms with Gasteiger partial charge >= 0.3 is 0 Å². The summed E-state index contributed by atoms with van der Waals surface area (Å²) < 4.78 is 0. The van der Waals surface area contributed by atoms with E-state index in [-0.39, 0.29) is 23.0 Å². The molecule has 2 aromatic rings. The number of carbonyl (C=O) groups is 3. The molecule has 2 aliphatic rings. The zero-order chi connectivity index (χ0) is 24.1. The van der Waals surface area contributed by atoms with Crippen LogP contribution >= 0.6 is 11.8 Å². The number of nitro groups is 1. The van der Waals surface area contributed by atoms with E-state index in [9.17, 15) is 24.5 Å². The van der Waals surface area contributed by atoms with Gasteiger partial charge in [-0.2, -0.15) is 0 Å². The van der Waals surface area contributed by atoms with Crippen molar-refractivity contribution in [3.05, 3.63) is 87.3 Å². The second-order valence-electron chi connectivity index (χ2n) is 7.67. The number of nitrogens with zero attached hydrogens (tertiary/aromatic N) is 4. The van der Waals surface area contributed by atoms with Crippen LogP contribution in [0.2, 0.25) is 0 Å². The summed E-state index contributed by atoms with van der Waals surface area (Å²) in [6.45, 7) is 2.07. The van der Waals surface area contributed by atoms with E-state index in [1.54, 1.807) is 23.1 Å². The topological polar surface area (TPSA) is 104 Å². The summed E-state index contributed by atoms with van der Waals surface area (Å²) in [7, 11) is 0. The van der Waals surface area contributed by atoms with Gasteiger partial charge in [0.05, 0.1) is 15.4 Å². The van der Waals surface area contributed by atoms with Gasteiger partial charge in [0.2, 0.25) is 5.91 Å². The van der Waals surface area contributed by atoms with Gasteiger partial charge in [-0.1, -0.05) is 36.4 Å². The second kappa shape index (κ2) is 10.3. The number of benzene rings is 2. The molecule has 2 aromatic carbocycles. The van der Waals surface area contributed by atoms with Crippen LogP contribution in [0.5, 0.6) is 0 Å². The SMILES string of the molecule is O=C(CN1C(=O)S/C(=C/C=C/c2ccccc2[N+](=O)[O-])C1=O)N1CCN(c2ccccc2)CC1. The highest BCUT2D eigenvalue weighted by atomic mass is 32.2. The molecule has 34 heavy (non-hydrogen) atoms. The van der Waals surface area contributed by atoms with E-state index >= 15 is 0 Å². The molecule has 10 heteroatoms. The fourth-order valence-corrected chi connectivity index (χ4v) is 4.56. The van der Waals surface area contributed by atoms with Gasteiger partial charge in [-0.25, -0.2) is 0 Å². The predicted molar refractivity (Wildman–Crippen MR) is 130 cm³/mol. The Morgan fingerprint density at radius 1 is 1.00 bits per heavy atom. The van der Waals surface area contributed by atoms with Crippen LogP contribution in [-0.2, 0) is 9.59 Å². The van der Waals surface area contributed by atoms with Gasteiger partial charge in [-0.3, -0.25) is 29.4 Å². The summed E-state index contributed by atoms with van der Waals surface area (Å²) in [5.41, 5.74) is 1.42. The lowest BCUT2D eigenvalue weighted by molar-refractivity contribution is -0.385. The maximum atomic E-state index is 12.8.